The van der Waals surface area contributed by atoms with E-state index in [1.807, 2.05) is 30.3 Å². The van der Waals surface area contributed by atoms with Gasteiger partial charge in [-0.25, -0.2) is 9.97 Å². The molecule has 3 nitrogen and oxygen atoms in total. The van der Waals surface area contributed by atoms with Crippen LogP contribution in [0.2, 0.25) is 0 Å². The maximum atomic E-state index is 6.36. The van der Waals surface area contributed by atoms with Crippen molar-refractivity contribution in [2.45, 2.75) is 0 Å². The summed E-state index contributed by atoms with van der Waals surface area (Å²) in [5.74, 6) is 0. The summed E-state index contributed by atoms with van der Waals surface area (Å²) in [7, 11) is 0. The van der Waals surface area contributed by atoms with Crippen LogP contribution in [0, 0.1) is 0 Å². The Labute approximate surface area is 212 Å². The average molecular weight is 473 g/mol. The highest BCUT2D eigenvalue weighted by Gasteiger charge is 2.18. The van der Waals surface area contributed by atoms with E-state index in [-0.39, 0.29) is 0 Å². The van der Waals surface area contributed by atoms with E-state index in [2.05, 4.69) is 91.0 Å². The van der Waals surface area contributed by atoms with Gasteiger partial charge in [0.15, 0.2) is 0 Å². The summed E-state index contributed by atoms with van der Waals surface area (Å²) in [6, 6.07) is 41.8. The van der Waals surface area contributed by atoms with Crippen LogP contribution < -0.4 is 0 Å². The van der Waals surface area contributed by atoms with E-state index in [4.69, 9.17) is 14.4 Å². The van der Waals surface area contributed by atoms with Gasteiger partial charge in [0.1, 0.15) is 11.2 Å². The third-order valence-electron chi connectivity index (χ3n) is 7.26. The molecule has 0 N–H and O–H groups in total. The number of hydrogen-bond donors (Lipinski definition) is 0. The van der Waals surface area contributed by atoms with E-state index < -0.39 is 0 Å². The van der Waals surface area contributed by atoms with Crippen molar-refractivity contribution in [3.63, 3.8) is 0 Å². The smallest absolute Gasteiger partial charge is 0.143 e. The molecule has 37 heavy (non-hydrogen) atoms. The maximum absolute atomic E-state index is 6.36. The summed E-state index contributed by atoms with van der Waals surface area (Å²) >= 11 is 0. The lowest BCUT2D eigenvalue weighted by Crippen LogP contribution is -1.97. The fraction of sp³-hybridized carbons (Fsp3) is 0. The highest BCUT2D eigenvalue weighted by atomic mass is 16.3. The average Bonchev–Trinajstić information content (AvgIpc) is 3.36. The number of fused-ring (bicyclic) bond motifs is 8. The minimum absolute atomic E-state index is 0.871. The molecule has 0 aliphatic heterocycles. The van der Waals surface area contributed by atoms with Gasteiger partial charge < -0.3 is 4.42 Å². The first kappa shape index (κ1) is 20.2. The van der Waals surface area contributed by atoms with E-state index in [9.17, 15) is 0 Å². The first-order valence-electron chi connectivity index (χ1n) is 12.4. The van der Waals surface area contributed by atoms with Crippen LogP contribution in [0.3, 0.4) is 0 Å². The first-order valence-corrected chi connectivity index (χ1v) is 12.4. The van der Waals surface area contributed by atoms with Gasteiger partial charge in [0, 0.05) is 32.7 Å². The monoisotopic (exact) mass is 472 g/mol. The van der Waals surface area contributed by atoms with Crippen LogP contribution in [0.25, 0.3) is 77.0 Å². The van der Waals surface area contributed by atoms with Crippen LogP contribution >= 0.6 is 0 Å². The molecule has 0 fully saturated rings. The summed E-state index contributed by atoms with van der Waals surface area (Å²) in [6.45, 7) is 0. The summed E-state index contributed by atoms with van der Waals surface area (Å²) in [5, 5.41) is 6.69. The van der Waals surface area contributed by atoms with Gasteiger partial charge in [-0.3, -0.25) is 0 Å². The molecular formula is C34H20N2O. The number of para-hydroxylation sites is 1. The van der Waals surface area contributed by atoms with Crippen LogP contribution in [0.1, 0.15) is 0 Å². The Balaban J connectivity index is 1.50. The van der Waals surface area contributed by atoms with Gasteiger partial charge in [0.2, 0.25) is 0 Å². The third kappa shape index (κ3) is 3.01. The molecule has 3 heteroatoms. The molecule has 0 aliphatic rings. The molecule has 2 aromatic heterocycles. The Hall–Kier alpha value is -5.02. The second-order valence-electron chi connectivity index (χ2n) is 9.38. The van der Waals surface area contributed by atoms with Gasteiger partial charge in [0.05, 0.1) is 22.4 Å². The highest BCUT2D eigenvalue weighted by Crippen LogP contribution is 2.40. The molecule has 6 aromatic carbocycles. The molecular weight excluding hydrogens is 452 g/mol. The second kappa shape index (κ2) is 7.74. The molecule has 8 rings (SSSR count). The van der Waals surface area contributed by atoms with Crippen molar-refractivity contribution in [3.8, 4) is 22.5 Å². The standard InChI is InChI=1S/C34H20N2O/c1-2-10-22(11-3-1)31-33(36-32-23-12-5-4-9-21(23)17-20-29(32)35-31)26-14-8-15-27-24(26)18-19-28-25-13-6-7-16-30(25)37-34(27)28/h1-20H. The molecule has 0 bridgehead atoms. The molecule has 0 spiro atoms. The first-order chi connectivity index (χ1) is 18.3. The van der Waals surface area contributed by atoms with Crippen molar-refractivity contribution < 1.29 is 4.42 Å². The van der Waals surface area contributed by atoms with Crippen LogP contribution in [0.15, 0.2) is 126 Å². The Morgan fingerprint density at radius 2 is 1.19 bits per heavy atom. The lowest BCUT2D eigenvalue weighted by atomic mass is 9.96. The number of hydrogen-bond acceptors (Lipinski definition) is 3. The maximum Gasteiger partial charge on any atom is 0.143 e. The normalized spacial score (nSPS) is 11.8. The van der Waals surface area contributed by atoms with Gasteiger partial charge in [0.25, 0.3) is 0 Å². The quantitative estimate of drug-likeness (QED) is 0.235. The van der Waals surface area contributed by atoms with Gasteiger partial charge >= 0.3 is 0 Å². The molecule has 0 atom stereocenters. The number of furan rings is 1. The van der Waals surface area contributed by atoms with Crippen molar-refractivity contribution >= 4 is 54.5 Å². The zero-order valence-corrected chi connectivity index (χ0v) is 19.8. The predicted molar refractivity (Wildman–Crippen MR) is 153 cm³/mol. The van der Waals surface area contributed by atoms with Gasteiger partial charge in [-0.15, -0.1) is 0 Å². The second-order valence-corrected chi connectivity index (χ2v) is 9.38. The van der Waals surface area contributed by atoms with Crippen LogP contribution in [0.4, 0.5) is 0 Å². The molecule has 0 saturated carbocycles. The van der Waals surface area contributed by atoms with E-state index in [1.54, 1.807) is 0 Å². The Morgan fingerprint density at radius 1 is 0.459 bits per heavy atom. The summed E-state index contributed by atoms with van der Waals surface area (Å²) in [5.41, 5.74) is 7.44. The number of aromatic nitrogens is 2. The topological polar surface area (TPSA) is 38.9 Å². The lowest BCUT2D eigenvalue weighted by molar-refractivity contribution is 0.672. The number of benzene rings is 6. The van der Waals surface area contributed by atoms with Crippen molar-refractivity contribution in [2.75, 3.05) is 0 Å². The molecule has 0 radical (unpaired) electrons. The van der Waals surface area contributed by atoms with E-state index in [0.29, 0.717) is 0 Å². The largest absolute Gasteiger partial charge is 0.455 e. The molecule has 0 amide bonds. The minimum atomic E-state index is 0.871. The van der Waals surface area contributed by atoms with Gasteiger partial charge in [-0.1, -0.05) is 103 Å². The molecule has 0 unspecified atom stereocenters. The van der Waals surface area contributed by atoms with Crippen molar-refractivity contribution in [3.05, 3.63) is 121 Å². The number of rotatable bonds is 2. The Bertz CT molecular complexity index is 2140. The van der Waals surface area contributed by atoms with E-state index in [1.165, 1.54) is 0 Å². The van der Waals surface area contributed by atoms with Crippen LogP contribution in [0.5, 0.6) is 0 Å². The zero-order chi connectivity index (χ0) is 24.3. The summed E-state index contributed by atoms with van der Waals surface area (Å²) in [6.07, 6.45) is 0. The Morgan fingerprint density at radius 3 is 2.11 bits per heavy atom. The van der Waals surface area contributed by atoms with Gasteiger partial charge in [-0.05, 0) is 29.0 Å². The van der Waals surface area contributed by atoms with Gasteiger partial charge in [-0.2, -0.15) is 0 Å². The fourth-order valence-electron chi connectivity index (χ4n) is 5.52. The van der Waals surface area contributed by atoms with Crippen molar-refractivity contribution in [1.82, 2.24) is 9.97 Å². The summed E-state index contributed by atoms with van der Waals surface area (Å²) in [4.78, 5) is 10.5. The Kier molecular flexibility index (Phi) is 4.23. The zero-order valence-electron chi connectivity index (χ0n) is 19.8. The predicted octanol–water partition coefficient (Wildman–Crippen LogP) is 9.17. The molecule has 0 saturated heterocycles. The highest BCUT2D eigenvalue weighted by molar-refractivity contribution is 6.18. The van der Waals surface area contributed by atoms with E-state index in [0.717, 1.165) is 77.0 Å². The van der Waals surface area contributed by atoms with Crippen molar-refractivity contribution in [2.24, 2.45) is 0 Å². The van der Waals surface area contributed by atoms with E-state index >= 15 is 0 Å². The van der Waals surface area contributed by atoms with Crippen molar-refractivity contribution in [1.29, 1.82) is 0 Å². The molecule has 2 heterocycles. The minimum Gasteiger partial charge on any atom is -0.455 e. The lowest BCUT2D eigenvalue weighted by Gasteiger charge is -2.14. The number of nitrogens with zero attached hydrogens (tertiary/aromatic N) is 2. The summed E-state index contributed by atoms with van der Waals surface area (Å²) < 4.78 is 6.36. The third-order valence-corrected chi connectivity index (χ3v) is 7.26. The molecule has 8 aromatic rings. The molecule has 0 aliphatic carbocycles. The van der Waals surface area contributed by atoms with Crippen LogP contribution in [-0.4, -0.2) is 9.97 Å². The molecule has 172 valence electrons. The fourth-order valence-corrected chi connectivity index (χ4v) is 5.52. The van der Waals surface area contributed by atoms with Crippen LogP contribution in [-0.2, 0) is 0 Å². The SMILES string of the molecule is c1ccc(-c2nc3ccc4ccccc4c3nc2-c2cccc3c2ccc2c4ccccc4oc32)cc1.